The largest absolute Gasteiger partial charge is 0.283 e. The number of hydrogen-bond donors (Lipinski definition) is 1. The molecule has 0 fully saturated rings. The van der Waals surface area contributed by atoms with Gasteiger partial charge in [0.15, 0.2) is 4.33 Å². The second-order valence-electron chi connectivity index (χ2n) is 7.48. The van der Waals surface area contributed by atoms with Crippen LogP contribution >= 0.6 is 34.8 Å². The maximum Gasteiger partial charge on any atom is 0.241 e. The van der Waals surface area contributed by atoms with Gasteiger partial charge in [0.2, 0.25) is 10.0 Å². The summed E-state index contributed by atoms with van der Waals surface area (Å²) in [5, 5.41) is 0.553. The highest BCUT2D eigenvalue weighted by molar-refractivity contribution is 7.89. The van der Waals surface area contributed by atoms with Gasteiger partial charge >= 0.3 is 0 Å². The molecule has 1 atom stereocenters. The quantitative estimate of drug-likeness (QED) is 0.281. The van der Waals surface area contributed by atoms with Crippen molar-refractivity contribution in [1.29, 1.82) is 0 Å². The van der Waals surface area contributed by atoms with Crippen LogP contribution in [0.3, 0.4) is 0 Å². The van der Waals surface area contributed by atoms with Crippen molar-refractivity contribution in [1.82, 2.24) is 4.72 Å². The molecule has 0 heterocycles. The molecule has 4 nitrogen and oxygen atoms in total. The molecule has 32 heavy (non-hydrogen) atoms. The molecule has 3 rings (SSSR count). The van der Waals surface area contributed by atoms with Gasteiger partial charge in [0.25, 0.3) is 0 Å². The molecule has 8 heteroatoms. The highest BCUT2D eigenvalue weighted by Gasteiger charge is 2.44. The van der Waals surface area contributed by atoms with Gasteiger partial charge in [-0.15, -0.1) is 0 Å². The van der Waals surface area contributed by atoms with Gasteiger partial charge in [-0.2, -0.15) is 0 Å². The molecule has 3 aromatic carbocycles. The number of sulfonamides is 1. The van der Waals surface area contributed by atoms with Crippen LogP contribution < -0.4 is 4.72 Å². The first kappa shape index (κ1) is 24.7. The maximum absolute atomic E-state index is 13.2. The summed E-state index contributed by atoms with van der Waals surface area (Å²) >= 11 is 20.0. The highest BCUT2D eigenvalue weighted by atomic mass is 35.5. The Morgan fingerprint density at radius 3 is 1.94 bits per heavy atom. The van der Waals surface area contributed by atoms with Crippen molar-refractivity contribution < 1.29 is 8.42 Å². The maximum atomic E-state index is 13.2. The summed E-state index contributed by atoms with van der Waals surface area (Å²) < 4.78 is 27.4. The van der Waals surface area contributed by atoms with Crippen molar-refractivity contribution in [2.24, 2.45) is 4.99 Å². The third-order valence-electron chi connectivity index (χ3n) is 4.64. The number of benzene rings is 3. The van der Waals surface area contributed by atoms with E-state index in [1.807, 2.05) is 19.9 Å². The van der Waals surface area contributed by atoms with Crippen LogP contribution in [0.25, 0.3) is 0 Å². The van der Waals surface area contributed by atoms with E-state index in [2.05, 4.69) is 9.71 Å². The standard InChI is InChI=1S/C24H23Cl3N2O2S/c1-17(2)28-22(19-13-15-20(25)16-14-19)24(26,27)23(18-9-5-3-6-10-18)29-32(30,31)21-11-7-4-8-12-21/h3-17,23,29H,1-2H3. The third-order valence-corrected chi connectivity index (χ3v) is 7.13. The van der Waals surface area contributed by atoms with E-state index in [0.29, 0.717) is 21.9 Å². The topological polar surface area (TPSA) is 58.5 Å². The first-order valence-electron chi connectivity index (χ1n) is 9.95. The molecule has 3 aromatic rings. The van der Waals surface area contributed by atoms with Crippen LogP contribution in [0.15, 0.2) is 94.8 Å². The summed E-state index contributed by atoms with van der Waals surface area (Å²) in [5.74, 6) is 0. The summed E-state index contributed by atoms with van der Waals surface area (Å²) in [6, 6.07) is 22.8. The molecule has 1 unspecified atom stereocenters. The molecular weight excluding hydrogens is 487 g/mol. The lowest BCUT2D eigenvalue weighted by Gasteiger charge is -2.33. The van der Waals surface area contributed by atoms with Gasteiger partial charge in [-0.1, -0.05) is 95.5 Å². The highest BCUT2D eigenvalue weighted by Crippen LogP contribution is 2.41. The van der Waals surface area contributed by atoms with Gasteiger partial charge in [-0.05, 0) is 49.2 Å². The van der Waals surface area contributed by atoms with Crippen LogP contribution in [-0.4, -0.2) is 24.5 Å². The minimum Gasteiger partial charge on any atom is -0.283 e. The molecule has 0 aromatic heterocycles. The van der Waals surface area contributed by atoms with E-state index >= 15 is 0 Å². The fourth-order valence-corrected chi connectivity index (χ4v) is 5.38. The lowest BCUT2D eigenvalue weighted by Crippen LogP contribution is -2.44. The smallest absolute Gasteiger partial charge is 0.241 e. The Labute approximate surface area is 204 Å². The summed E-state index contributed by atoms with van der Waals surface area (Å²) in [7, 11) is -3.94. The SMILES string of the molecule is CC(C)N=C(c1ccc(Cl)cc1)C(Cl)(Cl)C(NS(=O)(=O)c1ccccc1)c1ccccc1. The van der Waals surface area contributed by atoms with Crippen molar-refractivity contribution in [2.45, 2.75) is 35.2 Å². The fraction of sp³-hybridized carbons (Fsp3) is 0.208. The molecule has 168 valence electrons. The normalized spacial score (nSPS) is 13.9. The van der Waals surface area contributed by atoms with E-state index in [1.165, 1.54) is 12.1 Å². The van der Waals surface area contributed by atoms with Crippen LogP contribution in [0.5, 0.6) is 0 Å². The van der Waals surface area contributed by atoms with E-state index in [0.717, 1.165) is 0 Å². The number of alkyl halides is 2. The fourth-order valence-electron chi connectivity index (χ4n) is 3.18. The molecule has 1 N–H and O–H groups in total. The molecule has 0 bridgehead atoms. The van der Waals surface area contributed by atoms with Gasteiger partial charge < -0.3 is 0 Å². The van der Waals surface area contributed by atoms with E-state index in [9.17, 15) is 8.42 Å². The molecule has 0 aliphatic carbocycles. The monoisotopic (exact) mass is 508 g/mol. The molecular formula is C24H23Cl3N2O2S. The van der Waals surface area contributed by atoms with Crippen LogP contribution in [0, 0.1) is 0 Å². The number of aliphatic imine (C=N–C) groups is 1. The molecule has 0 amide bonds. The van der Waals surface area contributed by atoms with Crippen LogP contribution in [0.1, 0.15) is 31.0 Å². The number of rotatable bonds is 8. The second-order valence-corrected chi connectivity index (χ2v) is 11.0. The zero-order chi connectivity index (χ0) is 23.4. The molecule has 0 saturated heterocycles. The lowest BCUT2D eigenvalue weighted by atomic mass is 9.96. The van der Waals surface area contributed by atoms with Gasteiger partial charge in [0, 0.05) is 11.1 Å². The van der Waals surface area contributed by atoms with Crippen molar-refractivity contribution in [3.63, 3.8) is 0 Å². The van der Waals surface area contributed by atoms with E-state index in [-0.39, 0.29) is 10.9 Å². The number of nitrogens with zero attached hydrogens (tertiary/aromatic N) is 1. The van der Waals surface area contributed by atoms with E-state index < -0.39 is 20.4 Å². The summed E-state index contributed by atoms with van der Waals surface area (Å²) in [5.41, 5.74) is 1.59. The van der Waals surface area contributed by atoms with Gasteiger partial charge in [-0.25, -0.2) is 13.1 Å². The Hall–Kier alpha value is -1.89. The summed E-state index contributed by atoms with van der Waals surface area (Å²) in [4.78, 5) is 4.78. The zero-order valence-electron chi connectivity index (χ0n) is 17.5. The second kappa shape index (κ2) is 10.4. The minimum absolute atomic E-state index is 0.110. The van der Waals surface area contributed by atoms with Crippen molar-refractivity contribution in [3.05, 3.63) is 101 Å². The Bertz CT molecular complexity index is 1160. The minimum atomic E-state index is -3.94. The lowest BCUT2D eigenvalue weighted by molar-refractivity contribution is 0.554. The first-order valence-corrected chi connectivity index (χ1v) is 12.6. The van der Waals surface area contributed by atoms with Crippen molar-refractivity contribution in [2.75, 3.05) is 0 Å². The molecule has 0 saturated carbocycles. The van der Waals surface area contributed by atoms with Crippen LogP contribution in [0.4, 0.5) is 0 Å². The summed E-state index contributed by atoms with van der Waals surface area (Å²) in [6.07, 6.45) is 0. The van der Waals surface area contributed by atoms with Gasteiger partial charge in [-0.3, -0.25) is 4.99 Å². The van der Waals surface area contributed by atoms with Gasteiger partial charge in [0.05, 0.1) is 16.6 Å². The average molecular weight is 510 g/mol. The van der Waals surface area contributed by atoms with E-state index in [4.69, 9.17) is 34.8 Å². The van der Waals surface area contributed by atoms with Crippen molar-refractivity contribution in [3.8, 4) is 0 Å². The average Bonchev–Trinajstić information content (AvgIpc) is 2.77. The predicted octanol–water partition coefficient (Wildman–Crippen LogP) is 6.43. The molecule has 0 aliphatic rings. The Morgan fingerprint density at radius 1 is 0.875 bits per heavy atom. The third kappa shape index (κ3) is 5.91. The Morgan fingerprint density at radius 2 is 1.41 bits per heavy atom. The number of nitrogens with one attached hydrogen (secondary N) is 1. The Balaban J connectivity index is 2.14. The van der Waals surface area contributed by atoms with Crippen molar-refractivity contribution >= 4 is 50.5 Å². The molecule has 0 spiro atoms. The van der Waals surface area contributed by atoms with Crippen LogP contribution in [-0.2, 0) is 10.0 Å². The van der Waals surface area contributed by atoms with Gasteiger partial charge in [0.1, 0.15) is 0 Å². The predicted molar refractivity (Wildman–Crippen MR) is 134 cm³/mol. The Kier molecular flexibility index (Phi) is 8.01. The number of halogens is 3. The van der Waals surface area contributed by atoms with Crippen LogP contribution in [0.2, 0.25) is 5.02 Å². The first-order chi connectivity index (χ1) is 15.1. The molecule has 0 radical (unpaired) electrons. The summed E-state index contributed by atoms with van der Waals surface area (Å²) in [6.45, 7) is 3.79. The van der Waals surface area contributed by atoms with E-state index in [1.54, 1.807) is 66.7 Å². The zero-order valence-corrected chi connectivity index (χ0v) is 20.6. The number of hydrogen-bond acceptors (Lipinski definition) is 3. The molecule has 0 aliphatic heterocycles.